The number of alkyl halides is 1. The van der Waals surface area contributed by atoms with Crippen LogP contribution in [0.5, 0.6) is 0 Å². The largest absolute Gasteiger partial charge is 0.318 e. The van der Waals surface area contributed by atoms with E-state index in [4.69, 9.17) is 11.6 Å². The van der Waals surface area contributed by atoms with Crippen molar-refractivity contribution >= 4 is 34.0 Å². The average Bonchev–Trinajstić information content (AvgIpc) is 3.11. The maximum atomic E-state index is 5.93. The zero-order valence-electron chi connectivity index (χ0n) is 12.1. The van der Waals surface area contributed by atoms with Crippen molar-refractivity contribution in [1.29, 1.82) is 0 Å². The Hall–Kier alpha value is -1.46. The lowest BCUT2D eigenvalue weighted by Crippen LogP contribution is -2.11. The second-order valence-corrected chi connectivity index (χ2v) is 6.42. The molecular weight excluding hydrogens is 304 g/mol. The number of pyridine rings is 1. The minimum atomic E-state index is 0.154. The molecule has 21 heavy (non-hydrogen) atoms. The number of aromatic nitrogens is 4. The third-order valence-corrected chi connectivity index (χ3v) is 5.05. The Morgan fingerprint density at radius 1 is 1.38 bits per heavy atom. The third kappa shape index (κ3) is 2.68. The maximum absolute atomic E-state index is 5.93. The number of fused-ring (bicyclic) bond motifs is 1. The molecule has 0 aliphatic heterocycles. The van der Waals surface area contributed by atoms with E-state index in [-0.39, 0.29) is 6.04 Å². The molecule has 0 aliphatic carbocycles. The van der Waals surface area contributed by atoms with E-state index >= 15 is 0 Å². The molecule has 0 N–H and O–H groups in total. The molecule has 3 aromatic heterocycles. The molecule has 3 aromatic rings. The molecule has 110 valence electrons. The smallest absolute Gasteiger partial charge is 0.115 e. The summed E-state index contributed by atoms with van der Waals surface area (Å²) in [5, 5.41) is 1.11. The predicted molar refractivity (Wildman–Crippen MR) is 87.3 cm³/mol. The lowest BCUT2D eigenvalue weighted by molar-refractivity contribution is 0.620. The molecule has 0 spiro atoms. The quantitative estimate of drug-likeness (QED) is 0.671. The van der Waals surface area contributed by atoms with Crippen LogP contribution in [0.15, 0.2) is 24.7 Å². The van der Waals surface area contributed by atoms with Crippen LogP contribution >= 0.6 is 22.9 Å². The molecule has 0 bridgehead atoms. The number of imidazole rings is 1. The molecule has 3 rings (SSSR count). The van der Waals surface area contributed by atoms with Crippen LogP contribution in [0, 0.1) is 0 Å². The van der Waals surface area contributed by atoms with Gasteiger partial charge in [0.05, 0.1) is 17.8 Å². The molecule has 0 aliphatic rings. The minimum Gasteiger partial charge on any atom is -0.318 e. The van der Waals surface area contributed by atoms with Gasteiger partial charge in [0.25, 0.3) is 0 Å². The van der Waals surface area contributed by atoms with E-state index in [1.54, 1.807) is 23.7 Å². The number of rotatable bonds is 5. The maximum Gasteiger partial charge on any atom is 0.115 e. The van der Waals surface area contributed by atoms with Gasteiger partial charge in [-0.15, -0.1) is 22.9 Å². The number of thiazole rings is 1. The van der Waals surface area contributed by atoms with Crippen molar-refractivity contribution in [3.63, 3.8) is 0 Å². The van der Waals surface area contributed by atoms with Gasteiger partial charge in [-0.05, 0) is 19.4 Å². The summed E-state index contributed by atoms with van der Waals surface area (Å²) in [5.74, 6) is 1.55. The lowest BCUT2D eigenvalue weighted by Gasteiger charge is -2.15. The first-order chi connectivity index (χ1) is 10.2. The molecule has 0 radical (unpaired) electrons. The van der Waals surface area contributed by atoms with Gasteiger partial charge in [-0.2, -0.15) is 0 Å². The second kappa shape index (κ2) is 6.12. The Kier molecular flexibility index (Phi) is 4.22. The van der Waals surface area contributed by atoms with Crippen molar-refractivity contribution in [1.82, 2.24) is 19.5 Å². The van der Waals surface area contributed by atoms with Crippen LogP contribution in [0.1, 0.15) is 35.6 Å². The van der Waals surface area contributed by atoms with Gasteiger partial charge in [0.1, 0.15) is 16.3 Å². The molecule has 4 nitrogen and oxygen atoms in total. The van der Waals surface area contributed by atoms with Gasteiger partial charge in [0.2, 0.25) is 0 Å². The number of hydrogen-bond acceptors (Lipinski definition) is 4. The summed E-state index contributed by atoms with van der Waals surface area (Å²) in [7, 11) is 0. The molecule has 6 heteroatoms. The molecule has 1 atom stereocenters. The summed E-state index contributed by atoms with van der Waals surface area (Å²) in [6.45, 7) is 4.32. The Morgan fingerprint density at radius 2 is 2.24 bits per heavy atom. The van der Waals surface area contributed by atoms with Gasteiger partial charge in [0.15, 0.2) is 0 Å². The molecular formula is C15H17ClN4S. The van der Waals surface area contributed by atoms with E-state index in [1.165, 1.54) is 4.88 Å². The van der Waals surface area contributed by atoms with Crippen LogP contribution in [0.25, 0.3) is 11.0 Å². The highest BCUT2D eigenvalue weighted by molar-refractivity contribution is 7.11. The minimum absolute atomic E-state index is 0.154. The topological polar surface area (TPSA) is 43.6 Å². The fourth-order valence-electron chi connectivity index (χ4n) is 2.48. The highest BCUT2D eigenvalue weighted by Crippen LogP contribution is 2.28. The van der Waals surface area contributed by atoms with Crippen molar-refractivity contribution in [3.8, 4) is 0 Å². The molecule has 1 unspecified atom stereocenters. The fourth-order valence-corrected chi connectivity index (χ4v) is 3.55. The summed E-state index contributed by atoms with van der Waals surface area (Å²) < 4.78 is 2.23. The Balaban J connectivity index is 2.10. The van der Waals surface area contributed by atoms with E-state index in [0.717, 1.165) is 34.7 Å². The van der Waals surface area contributed by atoms with Gasteiger partial charge in [-0.1, -0.05) is 6.92 Å². The van der Waals surface area contributed by atoms with E-state index in [1.807, 2.05) is 12.3 Å². The van der Waals surface area contributed by atoms with Crippen molar-refractivity contribution in [2.45, 2.75) is 32.7 Å². The molecule has 3 heterocycles. The van der Waals surface area contributed by atoms with Gasteiger partial charge >= 0.3 is 0 Å². The van der Waals surface area contributed by atoms with E-state index in [2.05, 4.69) is 33.4 Å². The Bertz CT molecular complexity index is 749. The summed E-state index contributed by atoms with van der Waals surface area (Å²) in [6.07, 6.45) is 7.34. The first-order valence-corrected chi connectivity index (χ1v) is 8.41. The summed E-state index contributed by atoms with van der Waals surface area (Å²) >= 11 is 7.70. The zero-order valence-corrected chi connectivity index (χ0v) is 13.7. The standard InChI is InChI=1S/C15H17ClN4S/c1-3-11-8-18-15(21-11)10(2)20-13-5-7-17-9-12(13)19-14(20)4-6-16/h5,7-10H,3-4,6H2,1-2H3. The van der Waals surface area contributed by atoms with Crippen molar-refractivity contribution < 1.29 is 0 Å². The SMILES string of the molecule is CCc1cnc(C(C)n2c(CCCl)nc3cnccc32)s1. The molecule has 0 saturated heterocycles. The average molecular weight is 321 g/mol. The molecule has 0 fully saturated rings. The van der Waals surface area contributed by atoms with Crippen molar-refractivity contribution in [2.24, 2.45) is 0 Å². The predicted octanol–water partition coefficient (Wildman–Crippen LogP) is 3.84. The van der Waals surface area contributed by atoms with Gasteiger partial charge < -0.3 is 4.57 Å². The normalized spacial score (nSPS) is 12.9. The van der Waals surface area contributed by atoms with Crippen LogP contribution in [0.2, 0.25) is 0 Å². The molecule has 0 saturated carbocycles. The number of aryl methyl sites for hydroxylation is 2. The van der Waals surface area contributed by atoms with Gasteiger partial charge in [0, 0.05) is 29.6 Å². The van der Waals surface area contributed by atoms with Crippen LogP contribution in [0.4, 0.5) is 0 Å². The number of nitrogens with zero attached hydrogens (tertiary/aromatic N) is 4. The molecule has 0 amide bonds. The Labute approximate surface area is 132 Å². The highest BCUT2D eigenvalue weighted by atomic mass is 35.5. The Morgan fingerprint density at radius 3 is 2.95 bits per heavy atom. The zero-order chi connectivity index (χ0) is 14.8. The first-order valence-electron chi connectivity index (χ1n) is 7.06. The monoisotopic (exact) mass is 320 g/mol. The number of halogens is 1. The van der Waals surface area contributed by atoms with Crippen molar-refractivity contribution in [3.05, 3.63) is 40.4 Å². The fraction of sp³-hybridized carbons (Fsp3) is 0.400. The summed E-state index contributed by atoms with van der Waals surface area (Å²) in [6, 6.07) is 2.16. The highest BCUT2D eigenvalue weighted by Gasteiger charge is 2.19. The third-order valence-electron chi connectivity index (χ3n) is 3.55. The lowest BCUT2D eigenvalue weighted by atomic mass is 10.3. The van der Waals surface area contributed by atoms with Crippen LogP contribution in [-0.4, -0.2) is 25.4 Å². The van der Waals surface area contributed by atoms with E-state index in [0.29, 0.717) is 5.88 Å². The summed E-state index contributed by atoms with van der Waals surface area (Å²) in [5.41, 5.74) is 2.00. The van der Waals surface area contributed by atoms with E-state index < -0.39 is 0 Å². The second-order valence-electron chi connectivity index (χ2n) is 4.90. The van der Waals surface area contributed by atoms with E-state index in [9.17, 15) is 0 Å². The van der Waals surface area contributed by atoms with Crippen LogP contribution < -0.4 is 0 Å². The summed E-state index contributed by atoms with van der Waals surface area (Å²) in [4.78, 5) is 14.7. The van der Waals surface area contributed by atoms with Crippen LogP contribution in [-0.2, 0) is 12.8 Å². The number of hydrogen-bond donors (Lipinski definition) is 0. The van der Waals surface area contributed by atoms with Gasteiger partial charge in [-0.3, -0.25) is 4.98 Å². The first kappa shape index (κ1) is 14.5. The molecule has 0 aromatic carbocycles. The van der Waals surface area contributed by atoms with Gasteiger partial charge in [-0.25, -0.2) is 9.97 Å². The van der Waals surface area contributed by atoms with Crippen molar-refractivity contribution in [2.75, 3.05) is 5.88 Å². The van der Waals surface area contributed by atoms with Crippen LogP contribution in [0.3, 0.4) is 0 Å².